The van der Waals surface area contributed by atoms with Crippen molar-refractivity contribution >= 4 is 17.8 Å². The molecular formula is C22H29N3O2. The third-order valence-corrected chi connectivity index (χ3v) is 4.42. The SMILES string of the molecule is CCc1ccc(OC(C)C(=O)NN=Cc2ccc(N(CC)CC)cc2)cc1. The average molecular weight is 367 g/mol. The van der Waals surface area contributed by atoms with Gasteiger partial charge in [0, 0.05) is 18.8 Å². The van der Waals surface area contributed by atoms with Crippen LogP contribution in [-0.4, -0.2) is 31.3 Å². The number of nitrogens with one attached hydrogen (secondary N) is 1. The summed E-state index contributed by atoms with van der Waals surface area (Å²) < 4.78 is 5.65. The zero-order chi connectivity index (χ0) is 19.6. The van der Waals surface area contributed by atoms with Crippen molar-refractivity contribution in [3.63, 3.8) is 0 Å². The van der Waals surface area contributed by atoms with Crippen LogP contribution in [0.15, 0.2) is 53.6 Å². The van der Waals surface area contributed by atoms with Crippen LogP contribution in [0.4, 0.5) is 5.69 Å². The van der Waals surface area contributed by atoms with Crippen molar-refractivity contribution in [3.8, 4) is 5.75 Å². The average Bonchev–Trinajstić information content (AvgIpc) is 2.70. The number of aryl methyl sites for hydroxylation is 1. The van der Waals surface area contributed by atoms with Crippen LogP contribution in [0.1, 0.15) is 38.8 Å². The molecule has 0 aliphatic carbocycles. The second-order valence-corrected chi connectivity index (χ2v) is 6.26. The molecule has 5 heteroatoms. The lowest BCUT2D eigenvalue weighted by atomic mass is 10.2. The maximum atomic E-state index is 12.1. The largest absolute Gasteiger partial charge is 0.481 e. The minimum absolute atomic E-state index is 0.287. The minimum atomic E-state index is -0.625. The molecule has 0 aromatic heterocycles. The van der Waals surface area contributed by atoms with Crippen molar-refractivity contribution in [3.05, 3.63) is 59.7 Å². The normalized spacial score (nSPS) is 12.0. The first-order valence-corrected chi connectivity index (χ1v) is 9.50. The summed E-state index contributed by atoms with van der Waals surface area (Å²) in [7, 11) is 0. The predicted octanol–water partition coefficient (Wildman–Crippen LogP) is 4.01. The van der Waals surface area contributed by atoms with Crippen molar-refractivity contribution in [1.29, 1.82) is 0 Å². The Morgan fingerprint density at radius 3 is 2.26 bits per heavy atom. The van der Waals surface area contributed by atoms with Gasteiger partial charge >= 0.3 is 0 Å². The van der Waals surface area contributed by atoms with E-state index in [2.05, 4.69) is 48.3 Å². The first kappa shape index (κ1) is 20.5. The number of ether oxygens (including phenoxy) is 1. The molecular weight excluding hydrogens is 338 g/mol. The van der Waals surface area contributed by atoms with Crippen molar-refractivity contribution in [1.82, 2.24) is 5.43 Å². The molecule has 0 bridgehead atoms. The monoisotopic (exact) mass is 367 g/mol. The van der Waals surface area contributed by atoms with E-state index in [1.54, 1.807) is 13.1 Å². The molecule has 0 radical (unpaired) electrons. The molecule has 27 heavy (non-hydrogen) atoms. The fourth-order valence-corrected chi connectivity index (χ4v) is 2.68. The van der Waals surface area contributed by atoms with Gasteiger partial charge in [-0.3, -0.25) is 4.79 Å². The fraction of sp³-hybridized carbons (Fsp3) is 0.364. The number of hydrazone groups is 1. The summed E-state index contributed by atoms with van der Waals surface area (Å²) in [4.78, 5) is 14.4. The van der Waals surface area contributed by atoms with E-state index in [1.807, 2.05) is 36.4 Å². The van der Waals surface area contributed by atoms with Crippen LogP contribution in [0.25, 0.3) is 0 Å². The van der Waals surface area contributed by atoms with Crippen molar-refractivity contribution in [2.45, 2.75) is 40.2 Å². The Labute approximate surface area is 162 Å². The van der Waals surface area contributed by atoms with E-state index in [0.717, 1.165) is 25.1 Å². The Balaban J connectivity index is 1.86. The Bertz CT molecular complexity index is 735. The van der Waals surface area contributed by atoms with Gasteiger partial charge in [-0.05, 0) is 62.6 Å². The molecule has 0 heterocycles. The fourth-order valence-electron chi connectivity index (χ4n) is 2.68. The van der Waals surface area contributed by atoms with E-state index < -0.39 is 6.10 Å². The van der Waals surface area contributed by atoms with E-state index >= 15 is 0 Å². The van der Waals surface area contributed by atoms with E-state index in [1.165, 1.54) is 11.3 Å². The smallest absolute Gasteiger partial charge is 0.280 e. The van der Waals surface area contributed by atoms with Gasteiger partial charge in [-0.1, -0.05) is 31.2 Å². The van der Waals surface area contributed by atoms with Crippen LogP contribution < -0.4 is 15.1 Å². The highest BCUT2D eigenvalue weighted by Gasteiger charge is 2.13. The molecule has 144 valence electrons. The molecule has 2 aromatic carbocycles. The van der Waals surface area contributed by atoms with Gasteiger partial charge in [-0.15, -0.1) is 0 Å². The zero-order valence-corrected chi connectivity index (χ0v) is 16.6. The summed E-state index contributed by atoms with van der Waals surface area (Å²) in [6, 6.07) is 15.8. The van der Waals surface area contributed by atoms with E-state index in [4.69, 9.17) is 4.74 Å². The van der Waals surface area contributed by atoms with Crippen LogP contribution in [0, 0.1) is 0 Å². The summed E-state index contributed by atoms with van der Waals surface area (Å²) in [5.41, 5.74) is 5.86. The lowest BCUT2D eigenvalue weighted by Gasteiger charge is -2.20. The Morgan fingerprint density at radius 1 is 1.07 bits per heavy atom. The lowest BCUT2D eigenvalue weighted by Crippen LogP contribution is -2.33. The predicted molar refractivity (Wildman–Crippen MR) is 112 cm³/mol. The molecule has 0 aliphatic rings. The van der Waals surface area contributed by atoms with E-state index in [9.17, 15) is 4.79 Å². The Hall–Kier alpha value is -2.82. The Kier molecular flexibility index (Phi) is 7.86. The van der Waals surface area contributed by atoms with Crippen LogP contribution in [-0.2, 0) is 11.2 Å². The summed E-state index contributed by atoms with van der Waals surface area (Å²) in [6.07, 6.45) is 1.98. The molecule has 0 saturated carbocycles. The third-order valence-electron chi connectivity index (χ3n) is 4.42. The molecule has 0 aliphatic heterocycles. The quantitative estimate of drug-likeness (QED) is 0.538. The van der Waals surface area contributed by atoms with Gasteiger partial charge in [0.15, 0.2) is 6.10 Å². The zero-order valence-electron chi connectivity index (χ0n) is 16.6. The standard InChI is InChI=1S/C22H29N3O2/c1-5-18-10-14-21(15-11-18)27-17(4)22(26)24-23-16-19-8-12-20(13-9-19)25(6-2)7-3/h8-17H,5-7H2,1-4H3,(H,24,26). The topological polar surface area (TPSA) is 53.9 Å². The maximum absolute atomic E-state index is 12.1. The molecule has 5 nitrogen and oxygen atoms in total. The Morgan fingerprint density at radius 2 is 1.70 bits per heavy atom. The number of carbonyl (C=O) groups is 1. The minimum Gasteiger partial charge on any atom is -0.481 e. The van der Waals surface area contributed by atoms with Crippen LogP contribution in [0.2, 0.25) is 0 Å². The molecule has 1 atom stereocenters. The van der Waals surface area contributed by atoms with E-state index in [0.29, 0.717) is 5.75 Å². The molecule has 2 aromatic rings. The van der Waals surface area contributed by atoms with Gasteiger partial charge < -0.3 is 9.64 Å². The number of hydrogen-bond donors (Lipinski definition) is 1. The summed E-state index contributed by atoms with van der Waals surface area (Å²) in [6.45, 7) is 10.0. The van der Waals surface area contributed by atoms with Crippen molar-refractivity contribution in [2.24, 2.45) is 5.10 Å². The van der Waals surface area contributed by atoms with Crippen LogP contribution in [0.3, 0.4) is 0 Å². The van der Waals surface area contributed by atoms with Gasteiger partial charge in [-0.25, -0.2) is 5.43 Å². The summed E-state index contributed by atoms with van der Waals surface area (Å²) in [5, 5.41) is 4.03. The summed E-state index contributed by atoms with van der Waals surface area (Å²) >= 11 is 0. The number of benzene rings is 2. The van der Waals surface area contributed by atoms with Gasteiger partial charge in [0.2, 0.25) is 0 Å². The van der Waals surface area contributed by atoms with Gasteiger partial charge in [0.1, 0.15) is 5.75 Å². The van der Waals surface area contributed by atoms with Gasteiger partial charge in [0.05, 0.1) is 6.21 Å². The molecule has 0 saturated heterocycles. The highest BCUT2D eigenvalue weighted by molar-refractivity contribution is 5.84. The van der Waals surface area contributed by atoms with Crippen molar-refractivity contribution in [2.75, 3.05) is 18.0 Å². The van der Waals surface area contributed by atoms with E-state index in [-0.39, 0.29) is 5.91 Å². The van der Waals surface area contributed by atoms with Crippen molar-refractivity contribution < 1.29 is 9.53 Å². The number of nitrogens with zero attached hydrogens (tertiary/aromatic N) is 2. The molecule has 1 N–H and O–H groups in total. The first-order valence-electron chi connectivity index (χ1n) is 9.50. The molecule has 2 rings (SSSR count). The number of carbonyl (C=O) groups excluding carboxylic acids is 1. The van der Waals surface area contributed by atoms with Crippen LogP contribution >= 0.6 is 0 Å². The first-order chi connectivity index (χ1) is 13.1. The number of amides is 1. The maximum Gasteiger partial charge on any atom is 0.280 e. The molecule has 1 amide bonds. The number of hydrogen-bond acceptors (Lipinski definition) is 4. The third kappa shape index (κ3) is 6.13. The molecule has 0 fully saturated rings. The van der Waals surface area contributed by atoms with Gasteiger partial charge in [-0.2, -0.15) is 5.10 Å². The number of rotatable bonds is 9. The van der Waals surface area contributed by atoms with Gasteiger partial charge in [0.25, 0.3) is 5.91 Å². The highest BCUT2D eigenvalue weighted by Crippen LogP contribution is 2.15. The summed E-state index contributed by atoms with van der Waals surface area (Å²) in [5.74, 6) is 0.386. The number of anilines is 1. The molecule has 0 spiro atoms. The second kappa shape index (κ2) is 10.4. The second-order valence-electron chi connectivity index (χ2n) is 6.26. The highest BCUT2D eigenvalue weighted by atomic mass is 16.5. The molecule has 1 unspecified atom stereocenters. The van der Waals surface area contributed by atoms with Crippen LogP contribution in [0.5, 0.6) is 5.75 Å². The lowest BCUT2D eigenvalue weighted by molar-refractivity contribution is -0.127.